The van der Waals surface area contributed by atoms with Gasteiger partial charge in [0.2, 0.25) is 5.88 Å². The van der Waals surface area contributed by atoms with Gasteiger partial charge >= 0.3 is 0 Å². The van der Waals surface area contributed by atoms with Crippen LogP contribution in [-0.2, 0) is 0 Å². The first-order valence-electron chi connectivity index (χ1n) is 4.25. The fourth-order valence-electron chi connectivity index (χ4n) is 1.04. The van der Waals surface area contributed by atoms with E-state index in [9.17, 15) is 4.39 Å². The van der Waals surface area contributed by atoms with E-state index in [0.29, 0.717) is 16.1 Å². The molecule has 3 nitrogen and oxygen atoms in total. The van der Waals surface area contributed by atoms with Crippen LogP contribution in [0.4, 0.5) is 4.39 Å². The number of nitrogens with zero attached hydrogens (tertiary/aromatic N) is 2. The Hall–Kier alpha value is -0.760. The summed E-state index contributed by atoms with van der Waals surface area (Å²) >= 11 is 5.32. The number of aromatic nitrogens is 2. The van der Waals surface area contributed by atoms with Crippen LogP contribution in [0.2, 0.25) is 0 Å². The van der Waals surface area contributed by atoms with E-state index >= 15 is 0 Å². The molecule has 0 saturated heterocycles. The second kappa shape index (κ2) is 5.05. The highest BCUT2D eigenvalue weighted by molar-refractivity contribution is 14.1. The molecule has 1 heterocycles. The molecule has 0 amide bonds. The van der Waals surface area contributed by atoms with E-state index in [-0.39, 0.29) is 5.82 Å². The lowest BCUT2D eigenvalue weighted by Crippen LogP contribution is -1.93. The van der Waals surface area contributed by atoms with Gasteiger partial charge in [0.25, 0.3) is 0 Å². The summed E-state index contributed by atoms with van der Waals surface area (Å²) in [5.74, 6) is 0.431. The van der Waals surface area contributed by atoms with Crippen molar-refractivity contribution in [3.8, 4) is 11.6 Å². The first-order valence-corrected chi connectivity index (χ1v) is 6.12. The van der Waals surface area contributed by atoms with Gasteiger partial charge in [-0.05, 0) is 50.7 Å². The highest BCUT2D eigenvalue weighted by atomic mass is 127. The maximum atomic E-state index is 13.0. The first kappa shape index (κ1) is 11.7. The van der Waals surface area contributed by atoms with Gasteiger partial charge in [0.05, 0.1) is 8.04 Å². The van der Waals surface area contributed by atoms with Crippen molar-refractivity contribution in [2.75, 3.05) is 0 Å². The number of hydrogen-bond donors (Lipinski definition) is 0. The minimum absolute atomic E-state index is 0.359. The molecule has 0 unspecified atom stereocenters. The molecule has 0 radical (unpaired) electrons. The molecule has 2 rings (SSSR count). The molecule has 6 heteroatoms. The van der Waals surface area contributed by atoms with Crippen LogP contribution in [0.5, 0.6) is 11.6 Å². The summed E-state index contributed by atoms with van der Waals surface area (Å²) in [6.07, 6.45) is 3.00. The third kappa shape index (κ3) is 2.67. The van der Waals surface area contributed by atoms with Gasteiger partial charge in [0.1, 0.15) is 17.9 Å². The summed E-state index contributed by atoms with van der Waals surface area (Å²) in [5.41, 5.74) is 0. The Labute approximate surface area is 113 Å². The molecule has 2 aromatic rings. The average molecular weight is 395 g/mol. The maximum absolute atomic E-state index is 13.0. The van der Waals surface area contributed by atoms with Gasteiger partial charge < -0.3 is 4.74 Å². The van der Waals surface area contributed by atoms with E-state index in [2.05, 4.69) is 25.9 Å². The summed E-state index contributed by atoms with van der Waals surface area (Å²) in [5, 5.41) is 0. The molecular weight excluding hydrogens is 390 g/mol. The van der Waals surface area contributed by atoms with Gasteiger partial charge in [0.15, 0.2) is 0 Å². The third-order valence-electron chi connectivity index (χ3n) is 1.73. The van der Waals surface area contributed by atoms with Crippen LogP contribution in [0.25, 0.3) is 0 Å². The third-order valence-corrected chi connectivity index (χ3v) is 3.13. The highest BCUT2D eigenvalue weighted by Crippen LogP contribution is 2.30. The van der Waals surface area contributed by atoms with E-state index in [0.717, 1.165) is 3.57 Å². The Bertz CT molecular complexity index is 524. The molecule has 0 atom stereocenters. The van der Waals surface area contributed by atoms with Crippen LogP contribution in [-0.4, -0.2) is 9.97 Å². The second-order valence-corrected chi connectivity index (χ2v) is 4.87. The molecular formula is C10H5BrFIN2O. The van der Waals surface area contributed by atoms with Crippen LogP contribution in [0.15, 0.2) is 35.2 Å². The van der Waals surface area contributed by atoms with Crippen molar-refractivity contribution >= 4 is 38.5 Å². The van der Waals surface area contributed by atoms with Crippen molar-refractivity contribution in [3.63, 3.8) is 0 Å². The molecule has 0 bridgehead atoms. The van der Waals surface area contributed by atoms with Crippen LogP contribution in [0, 0.1) is 9.39 Å². The van der Waals surface area contributed by atoms with Crippen molar-refractivity contribution in [1.82, 2.24) is 9.97 Å². The Morgan fingerprint density at radius 1 is 1.38 bits per heavy atom. The Kier molecular flexibility index (Phi) is 3.70. The van der Waals surface area contributed by atoms with Crippen LogP contribution < -0.4 is 4.74 Å². The molecule has 82 valence electrons. The summed E-state index contributed by atoms with van der Waals surface area (Å²) in [7, 11) is 0. The molecule has 0 N–H and O–H groups in total. The zero-order valence-corrected chi connectivity index (χ0v) is 11.6. The SMILES string of the molecule is Fc1ccc(Br)c(Oc2ncncc2I)c1. The van der Waals surface area contributed by atoms with Crippen LogP contribution in [0.3, 0.4) is 0 Å². The Morgan fingerprint density at radius 2 is 2.19 bits per heavy atom. The zero-order valence-electron chi connectivity index (χ0n) is 7.82. The summed E-state index contributed by atoms with van der Waals surface area (Å²) in [6.45, 7) is 0. The van der Waals surface area contributed by atoms with Crippen molar-refractivity contribution in [1.29, 1.82) is 0 Å². The van der Waals surface area contributed by atoms with Gasteiger partial charge in [-0.1, -0.05) is 0 Å². The molecule has 0 saturated carbocycles. The molecule has 0 aliphatic heterocycles. The minimum atomic E-state index is -0.359. The lowest BCUT2D eigenvalue weighted by Gasteiger charge is -2.07. The first-order chi connectivity index (χ1) is 7.66. The molecule has 1 aromatic heterocycles. The Balaban J connectivity index is 2.34. The molecule has 0 aliphatic carbocycles. The molecule has 0 aliphatic rings. The fraction of sp³-hybridized carbons (Fsp3) is 0. The van der Waals surface area contributed by atoms with Gasteiger partial charge in [-0.15, -0.1) is 0 Å². The monoisotopic (exact) mass is 394 g/mol. The number of ether oxygens (including phenoxy) is 1. The summed E-state index contributed by atoms with van der Waals surface area (Å²) in [4.78, 5) is 7.80. The molecule has 1 aromatic carbocycles. The smallest absolute Gasteiger partial charge is 0.235 e. The van der Waals surface area contributed by atoms with Gasteiger partial charge in [-0.3, -0.25) is 0 Å². The lowest BCUT2D eigenvalue weighted by atomic mass is 10.3. The van der Waals surface area contributed by atoms with Crippen molar-refractivity contribution in [2.24, 2.45) is 0 Å². The number of halogens is 3. The van der Waals surface area contributed by atoms with E-state index in [4.69, 9.17) is 4.74 Å². The maximum Gasteiger partial charge on any atom is 0.235 e. The normalized spacial score (nSPS) is 10.2. The average Bonchev–Trinajstić information content (AvgIpc) is 2.27. The van der Waals surface area contributed by atoms with Gasteiger partial charge in [-0.2, -0.15) is 0 Å². The molecule has 0 fully saturated rings. The quantitative estimate of drug-likeness (QED) is 0.727. The van der Waals surface area contributed by atoms with E-state index in [1.54, 1.807) is 12.3 Å². The van der Waals surface area contributed by atoms with Gasteiger partial charge in [0, 0.05) is 12.3 Å². The van der Waals surface area contributed by atoms with Crippen LogP contribution >= 0.6 is 38.5 Å². The zero-order chi connectivity index (χ0) is 11.5. The minimum Gasteiger partial charge on any atom is -0.437 e. The van der Waals surface area contributed by atoms with E-state index in [1.165, 1.54) is 18.5 Å². The highest BCUT2D eigenvalue weighted by Gasteiger charge is 2.08. The second-order valence-electron chi connectivity index (χ2n) is 2.85. The van der Waals surface area contributed by atoms with E-state index < -0.39 is 0 Å². The number of hydrogen-bond acceptors (Lipinski definition) is 3. The Morgan fingerprint density at radius 3 is 2.94 bits per heavy atom. The van der Waals surface area contributed by atoms with Crippen molar-refractivity contribution < 1.29 is 9.13 Å². The van der Waals surface area contributed by atoms with Crippen LogP contribution in [0.1, 0.15) is 0 Å². The standard InChI is InChI=1S/C10H5BrFIN2O/c11-7-2-1-6(12)3-9(7)16-10-8(13)4-14-5-15-10/h1-5H. The lowest BCUT2D eigenvalue weighted by molar-refractivity contribution is 0.450. The summed E-state index contributed by atoms with van der Waals surface area (Å²) in [6, 6.07) is 4.23. The van der Waals surface area contributed by atoms with Crippen molar-refractivity contribution in [2.45, 2.75) is 0 Å². The number of rotatable bonds is 2. The predicted molar refractivity (Wildman–Crippen MR) is 68.9 cm³/mol. The summed E-state index contributed by atoms with van der Waals surface area (Å²) < 4.78 is 19.9. The number of benzene rings is 1. The topological polar surface area (TPSA) is 35.0 Å². The van der Waals surface area contributed by atoms with Gasteiger partial charge in [-0.25, -0.2) is 14.4 Å². The van der Waals surface area contributed by atoms with Crippen molar-refractivity contribution in [3.05, 3.63) is 44.6 Å². The largest absolute Gasteiger partial charge is 0.437 e. The predicted octanol–water partition coefficient (Wildman–Crippen LogP) is 3.78. The fourth-order valence-corrected chi connectivity index (χ4v) is 1.77. The van der Waals surface area contributed by atoms with E-state index in [1.807, 2.05) is 22.6 Å². The molecule has 0 spiro atoms. The molecule has 16 heavy (non-hydrogen) atoms.